The minimum Gasteiger partial charge on any atom is -0.192 e. The summed E-state index contributed by atoms with van der Waals surface area (Å²) in [5.41, 5.74) is 8.83. The summed E-state index contributed by atoms with van der Waals surface area (Å²) < 4.78 is 0. The van der Waals surface area contributed by atoms with Crippen LogP contribution in [0.1, 0.15) is 48.8 Å². The lowest BCUT2D eigenvalue weighted by atomic mass is 9.43. The number of benzene rings is 3. The van der Waals surface area contributed by atoms with Crippen molar-refractivity contribution < 1.29 is 0 Å². The Bertz CT molecular complexity index is 1250. The lowest BCUT2D eigenvalue weighted by Gasteiger charge is -2.61. The third kappa shape index (κ3) is 2.22. The highest BCUT2D eigenvalue weighted by atomic mass is 35.5. The van der Waals surface area contributed by atoms with Crippen LogP contribution in [-0.2, 0) is 5.41 Å². The Morgan fingerprint density at radius 1 is 0.742 bits per heavy atom. The predicted molar refractivity (Wildman–Crippen MR) is 125 cm³/mol. The van der Waals surface area contributed by atoms with Gasteiger partial charge in [0, 0.05) is 16.0 Å². The summed E-state index contributed by atoms with van der Waals surface area (Å²) in [7, 11) is 0. The molecule has 4 saturated carbocycles. The molecule has 1 nitrogen and oxygen atoms in total. The summed E-state index contributed by atoms with van der Waals surface area (Å²) >= 11 is 6.69. The molecule has 0 aliphatic heterocycles. The van der Waals surface area contributed by atoms with E-state index in [9.17, 15) is 5.26 Å². The third-order valence-electron chi connectivity index (χ3n) is 8.96. The second kappa shape index (κ2) is 6.24. The van der Waals surface area contributed by atoms with Crippen molar-refractivity contribution in [3.63, 3.8) is 0 Å². The number of fused-ring (bicyclic) bond motifs is 3. The molecule has 0 unspecified atom stereocenters. The first-order valence-electron chi connectivity index (χ1n) is 11.6. The van der Waals surface area contributed by atoms with Crippen LogP contribution in [0.15, 0.2) is 60.7 Å². The molecule has 2 heteroatoms. The average molecular weight is 422 g/mol. The highest BCUT2D eigenvalue weighted by Gasteiger charge is 2.61. The van der Waals surface area contributed by atoms with E-state index in [0.29, 0.717) is 11.8 Å². The average Bonchev–Trinajstić information content (AvgIpc) is 3.08. The maximum Gasteiger partial charge on any atom is 0.0991 e. The maximum absolute atomic E-state index is 9.73. The van der Waals surface area contributed by atoms with Crippen molar-refractivity contribution in [2.75, 3.05) is 0 Å². The second-order valence-corrected chi connectivity index (χ2v) is 10.7. The van der Waals surface area contributed by atoms with Gasteiger partial charge in [-0.2, -0.15) is 5.26 Å². The van der Waals surface area contributed by atoms with Crippen LogP contribution in [0.25, 0.3) is 22.3 Å². The van der Waals surface area contributed by atoms with Crippen molar-refractivity contribution in [2.24, 2.45) is 23.7 Å². The molecule has 31 heavy (non-hydrogen) atoms. The Balaban J connectivity index is 1.57. The van der Waals surface area contributed by atoms with Gasteiger partial charge in [0.05, 0.1) is 11.6 Å². The molecule has 0 amide bonds. The van der Waals surface area contributed by atoms with Gasteiger partial charge in [-0.3, -0.25) is 0 Å². The van der Waals surface area contributed by atoms with Gasteiger partial charge in [0.15, 0.2) is 0 Å². The highest BCUT2D eigenvalue weighted by Crippen LogP contribution is 2.70. The van der Waals surface area contributed by atoms with Crippen LogP contribution in [0.5, 0.6) is 0 Å². The number of hydrogen-bond donors (Lipinski definition) is 0. The molecule has 0 saturated heterocycles. The summed E-state index contributed by atoms with van der Waals surface area (Å²) in [6, 6.07) is 23.9. The van der Waals surface area contributed by atoms with E-state index in [4.69, 9.17) is 11.6 Å². The lowest BCUT2D eigenvalue weighted by molar-refractivity contribution is -0.0399. The number of halogens is 1. The van der Waals surface area contributed by atoms with Crippen LogP contribution in [0.2, 0.25) is 5.02 Å². The van der Waals surface area contributed by atoms with Crippen LogP contribution in [0, 0.1) is 35.0 Å². The Morgan fingerprint density at radius 3 is 2.16 bits per heavy atom. The van der Waals surface area contributed by atoms with Gasteiger partial charge in [0.25, 0.3) is 0 Å². The Labute approximate surface area is 188 Å². The van der Waals surface area contributed by atoms with E-state index in [2.05, 4.69) is 48.5 Å². The van der Waals surface area contributed by atoms with Crippen LogP contribution >= 0.6 is 11.6 Å². The fourth-order valence-corrected chi connectivity index (χ4v) is 8.46. The fraction of sp³-hybridized carbons (Fsp3) is 0.345. The number of nitrogens with zero attached hydrogens (tertiary/aromatic N) is 1. The Hall–Kier alpha value is -2.56. The van der Waals surface area contributed by atoms with E-state index in [0.717, 1.165) is 28.0 Å². The highest BCUT2D eigenvalue weighted by molar-refractivity contribution is 6.33. The van der Waals surface area contributed by atoms with Gasteiger partial charge in [-0.1, -0.05) is 54.1 Å². The summed E-state index contributed by atoms with van der Waals surface area (Å²) in [6.45, 7) is 0. The van der Waals surface area contributed by atoms with Crippen molar-refractivity contribution in [1.29, 1.82) is 5.26 Å². The first-order chi connectivity index (χ1) is 15.2. The summed E-state index contributed by atoms with van der Waals surface area (Å²) in [5.74, 6) is 3.21. The first kappa shape index (κ1) is 18.1. The van der Waals surface area contributed by atoms with E-state index in [1.54, 1.807) is 0 Å². The van der Waals surface area contributed by atoms with E-state index in [1.165, 1.54) is 59.9 Å². The smallest absolute Gasteiger partial charge is 0.0991 e. The van der Waals surface area contributed by atoms with Crippen LogP contribution in [0.4, 0.5) is 0 Å². The van der Waals surface area contributed by atoms with Gasteiger partial charge in [-0.25, -0.2) is 0 Å². The molecule has 4 fully saturated rings. The minimum absolute atomic E-state index is 0.0716. The van der Waals surface area contributed by atoms with E-state index < -0.39 is 0 Å². The van der Waals surface area contributed by atoms with Crippen molar-refractivity contribution >= 4 is 11.6 Å². The van der Waals surface area contributed by atoms with Gasteiger partial charge in [-0.15, -0.1) is 0 Å². The van der Waals surface area contributed by atoms with Crippen LogP contribution in [0.3, 0.4) is 0 Å². The zero-order valence-corrected chi connectivity index (χ0v) is 18.2. The van der Waals surface area contributed by atoms with Crippen LogP contribution in [-0.4, -0.2) is 0 Å². The molecule has 0 radical (unpaired) electrons. The van der Waals surface area contributed by atoms with Gasteiger partial charge in [0.1, 0.15) is 0 Å². The molecule has 5 aliphatic rings. The number of hydrogen-bond acceptors (Lipinski definition) is 1. The van der Waals surface area contributed by atoms with Gasteiger partial charge >= 0.3 is 0 Å². The molecular formula is C29H24ClN. The quantitative estimate of drug-likeness (QED) is 0.396. The standard InChI is InChI=1S/C29H24ClN/c30-27-7-2-1-4-22(27)23-5-3-6-25-28(23)24-9-8-17(16-31)15-26(24)29(25)20-11-18-10-19(13-20)14-21(29)12-18/h1-9,15,18-21H,10-14H2. The van der Waals surface area contributed by atoms with Crippen molar-refractivity contribution in [2.45, 2.75) is 37.5 Å². The predicted octanol–water partition coefficient (Wildman–Crippen LogP) is 7.60. The normalized spacial score (nSPS) is 31.5. The largest absolute Gasteiger partial charge is 0.192 e. The minimum atomic E-state index is 0.0716. The van der Waals surface area contributed by atoms with E-state index in [-0.39, 0.29) is 5.41 Å². The lowest BCUT2D eigenvalue weighted by Crippen LogP contribution is -2.55. The molecule has 1 spiro atoms. The number of nitriles is 1. The SMILES string of the molecule is N#Cc1ccc2c(c1)C1(c3cccc(-c4ccccc4Cl)c3-2)C2CC3CC(C2)CC1C3. The molecule has 0 atom stereocenters. The molecule has 3 aromatic rings. The maximum atomic E-state index is 9.73. The van der Waals surface area contributed by atoms with E-state index in [1.807, 2.05) is 18.2 Å². The molecule has 4 bridgehead atoms. The third-order valence-corrected chi connectivity index (χ3v) is 9.29. The van der Waals surface area contributed by atoms with Crippen LogP contribution < -0.4 is 0 Å². The summed E-state index contributed by atoms with van der Waals surface area (Å²) in [4.78, 5) is 0. The van der Waals surface area contributed by atoms with Crippen molar-refractivity contribution in [3.05, 3.63) is 82.4 Å². The molecule has 152 valence electrons. The van der Waals surface area contributed by atoms with Gasteiger partial charge in [-0.05, 0) is 102 Å². The molecule has 5 aliphatic carbocycles. The second-order valence-electron chi connectivity index (χ2n) is 10.3. The van der Waals surface area contributed by atoms with Gasteiger partial charge < -0.3 is 0 Å². The van der Waals surface area contributed by atoms with Gasteiger partial charge in [0.2, 0.25) is 0 Å². The van der Waals surface area contributed by atoms with Crippen molar-refractivity contribution in [3.8, 4) is 28.3 Å². The number of rotatable bonds is 1. The Kier molecular flexibility index (Phi) is 3.63. The van der Waals surface area contributed by atoms with E-state index >= 15 is 0 Å². The molecule has 0 heterocycles. The summed E-state index contributed by atoms with van der Waals surface area (Å²) in [5, 5.41) is 10.5. The Morgan fingerprint density at radius 2 is 1.45 bits per heavy atom. The molecular weight excluding hydrogens is 398 g/mol. The first-order valence-corrected chi connectivity index (χ1v) is 12.0. The zero-order chi connectivity index (χ0) is 20.7. The monoisotopic (exact) mass is 421 g/mol. The zero-order valence-electron chi connectivity index (χ0n) is 17.4. The molecule has 3 aromatic carbocycles. The molecule has 8 rings (SSSR count). The molecule has 0 aromatic heterocycles. The fourth-order valence-electron chi connectivity index (χ4n) is 8.22. The topological polar surface area (TPSA) is 23.8 Å². The molecule has 0 N–H and O–H groups in total. The summed E-state index contributed by atoms with van der Waals surface area (Å²) in [6.07, 6.45) is 6.83. The van der Waals surface area contributed by atoms with Crippen molar-refractivity contribution in [1.82, 2.24) is 0 Å².